The molecule has 0 spiro atoms. The smallest absolute Gasteiger partial charge is 0.257 e. The third kappa shape index (κ3) is 3.42. The number of nitrogens with one attached hydrogen (secondary N) is 1. The van der Waals surface area contributed by atoms with Crippen molar-refractivity contribution in [1.82, 2.24) is 15.0 Å². The first-order chi connectivity index (χ1) is 11.5. The number of rotatable bonds is 4. The van der Waals surface area contributed by atoms with Crippen LogP contribution >= 0.6 is 0 Å². The van der Waals surface area contributed by atoms with Gasteiger partial charge < -0.3 is 15.1 Å². The molecule has 0 radical (unpaired) electrons. The number of hydrogen-bond acceptors (Lipinski definition) is 6. The number of anilines is 3. The van der Waals surface area contributed by atoms with E-state index in [-0.39, 0.29) is 5.56 Å². The van der Waals surface area contributed by atoms with E-state index in [1.54, 1.807) is 11.1 Å². The van der Waals surface area contributed by atoms with Crippen LogP contribution in [-0.2, 0) is 0 Å². The molecule has 2 aromatic rings. The van der Waals surface area contributed by atoms with Gasteiger partial charge >= 0.3 is 0 Å². The van der Waals surface area contributed by atoms with Crippen molar-refractivity contribution < 1.29 is 9.18 Å². The van der Waals surface area contributed by atoms with E-state index in [4.69, 9.17) is 0 Å². The topological polar surface area (TPSA) is 74.2 Å². The van der Waals surface area contributed by atoms with Gasteiger partial charge in [0.2, 0.25) is 5.95 Å². The maximum Gasteiger partial charge on any atom is 0.257 e. The predicted octanol–water partition coefficient (Wildman–Crippen LogP) is 1.93. The second kappa shape index (κ2) is 6.77. The number of hydrogen-bond donors (Lipinski definition) is 1. The van der Waals surface area contributed by atoms with Crippen molar-refractivity contribution in [1.29, 1.82) is 0 Å². The minimum absolute atomic E-state index is 0.142. The van der Waals surface area contributed by atoms with Crippen LogP contribution in [0.15, 0.2) is 24.7 Å². The van der Waals surface area contributed by atoms with E-state index in [2.05, 4.69) is 25.2 Å². The summed E-state index contributed by atoms with van der Waals surface area (Å²) in [6.45, 7) is 1.88. The van der Waals surface area contributed by atoms with Gasteiger partial charge in [-0.15, -0.1) is 0 Å². The molecule has 0 aromatic carbocycles. The van der Waals surface area contributed by atoms with Crippen LogP contribution in [0, 0.1) is 5.82 Å². The first-order valence-electron chi connectivity index (χ1n) is 7.76. The van der Waals surface area contributed by atoms with Crippen molar-refractivity contribution >= 4 is 23.4 Å². The molecule has 1 amide bonds. The molecular weight excluding hydrogens is 311 g/mol. The Hall–Kier alpha value is -2.77. The fraction of sp³-hybridized carbons (Fsp3) is 0.375. The highest BCUT2D eigenvalue weighted by Crippen LogP contribution is 2.25. The fourth-order valence-electron chi connectivity index (χ4n) is 2.59. The molecule has 1 N–H and O–H groups in total. The van der Waals surface area contributed by atoms with Crippen LogP contribution in [0.5, 0.6) is 0 Å². The van der Waals surface area contributed by atoms with E-state index < -0.39 is 11.7 Å². The van der Waals surface area contributed by atoms with Crippen molar-refractivity contribution in [3.63, 3.8) is 0 Å². The van der Waals surface area contributed by atoms with Gasteiger partial charge in [-0.2, -0.15) is 4.98 Å². The lowest BCUT2D eigenvalue weighted by molar-refractivity contribution is 0.102. The third-order valence-corrected chi connectivity index (χ3v) is 3.78. The zero-order chi connectivity index (χ0) is 17.1. The fourth-order valence-corrected chi connectivity index (χ4v) is 2.59. The first-order valence-corrected chi connectivity index (χ1v) is 7.76. The quantitative estimate of drug-likeness (QED) is 0.923. The molecular formula is C16H19FN6O. The van der Waals surface area contributed by atoms with Crippen molar-refractivity contribution in [2.75, 3.05) is 42.3 Å². The molecule has 1 aliphatic rings. The van der Waals surface area contributed by atoms with Crippen LogP contribution in [0.1, 0.15) is 23.2 Å². The van der Waals surface area contributed by atoms with Crippen LogP contribution in [0.3, 0.4) is 0 Å². The van der Waals surface area contributed by atoms with Gasteiger partial charge in [-0.05, 0) is 18.9 Å². The molecule has 8 heteroatoms. The number of aromatic nitrogens is 3. The number of nitrogens with zero attached hydrogens (tertiary/aromatic N) is 5. The molecule has 24 heavy (non-hydrogen) atoms. The van der Waals surface area contributed by atoms with Gasteiger partial charge in [-0.3, -0.25) is 9.78 Å². The molecule has 3 rings (SSSR count). The van der Waals surface area contributed by atoms with Crippen LogP contribution in [0.2, 0.25) is 0 Å². The highest BCUT2D eigenvalue weighted by Gasteiger charge is 2.19. The summed E-state index contributed by atoms with van der Waals surface area (Å²) in [5, 5.41) is 2.72. The van der Waals surface area contributed by atoms with Crippen LogP contribution < -0.4 is 15.1 Å². The molecule has 1 saturated heterocycles. The van der Waals surface area contributed by atoms with E-state index in [0.717, 1.165) is 38.2 Å². The average molecular weight is 330 g/mol. The van der Waals surface area contributed by atoms with E-state index in [9.17, 15) is 9.18 Å². The summed E-state index contributed by atoms with van der Waals surface area (Å²) in [5.41, 5.74) is 0.612. The summed E-state index contributed by atoms with van der Waals surface area (Å²) in [7, 11) is 3.69. The van der Waals surface area contributed by atoms with Gasteiger partial charge in [0.25, 0.3) is 5.91 Å². The summed E-state index contributed by atoms with van der Waals surface area (Å²) >= 11 is 0. The third-order valence-electron chi connectivity index (χ3n) is 3.78. The monoisotopic (exact) mass is 330 g/mol. The van der Waals surface area contributed by atoms with Crippen molar-refractivity contribution in [2.45, 2.75) is 12.8 Å². The molecule has 1 aliphatic heterocycles. The van der Waals surface area contributed by atoms with Gasteiger partial charge in [-0.25, -0.2) is 9.37 Å². The molecule has 2 aromatic heterocycles. The number of carbonyl (C=O) groups is 1. The Morgan fingerprint density at radius 3 is 2.67 bits per heavy atom. The van der Waals surface area contributed by atoms with Gasteiger partial charge in [0.1, 0.15) is 11.5 Å². The van der Waals surface area contributed by atoms with Crippen molar-refractivity contribution in [2.24, 2.45) is 0 Å². The maximum atomic E-state index is 13.2. The molecule has 0 aliphatic carbocycles. The SMILES string of the molecule is CN(C)c1nc(N2CCCC2)ncc1NC(=O)c1cncc(F)c1. The van der Waals surface area contributed by atoms with Crippen LogP contribution in [0.25, 0.3) is 0 Å². The predicted molar refractivity (Wildman–Crippen MR) is 90.0 cm³/mol. The lowest BCUT2D eigenvalue weighted by Gasteiger charge is -2.21. The lowest BCUT2D eigenvalue weighted by Crippen LogP contribution is -2.23. The minimum Gasteiger partial charge on any atom is -0.361 e. The summed E-state index contributed by atoms with van der Waals surface area (Å²) in [5.74, 6) is 0.241. The van der Waals surface area contributed by atoms with E-state index >= 15 is 0 Å². The molecule has 3 heterocycles. The second-order valence-corrected chi connectivity index (χ2v) is 5.84. The maximum absolute atomic E-state index is 13.2. The van der Waals surface area contributed by atoms with E-state index in [0.29, 0.717) is 17.5 Å². The number of amides is 1. The van der Waals surface area contributed by atoms with Gasteiger partial charge in [-0.1, -0.05) is 0 Å². The van der Waals surface area contributed by atoms with Gasteiger partial charge in [0.15, 0.2) is 5.82 Å². The lowest BCUT2D eigenvalue weighted by atomic mass is 10.2. The summed E-state index contributed by atoms with van der Waals surface area (Å²) in [4.78, 5) is 28.8. The van der Waals surface area contributed by atoms with E-state index in [1.807, 2.05) is 14.1 Å². The molecule has 0 saturated carbocycles. The molecule has 126 valence electrons. The Bertz CT molecular complexity index is 745. The zero-order valence-corrected chi connectivity index (χ0v) is 13.7. The van der Waals surface area contributed by atoms with Crippen molar-refractivity contribution in [3.8, 4) is 0 Å². The average Bonchev–Trinajstić information content (AvgIpc) is 3.09. The van der Waals surface area contributed by atoms with E-state index in [1.165, 1.54) is 6.20 Å². The Morgan fingerprint density at radius 2 is 2.00 bits per heavy atom. The molecule has 0 unspecified atom stereocenters. The van der Waals surface area contributed by atoms with Crippen molar-refractivity contribution in [3.05, 3.63) is 36.0 Å². The molecule has 0 bridgehead atoms. The van der Waals surface area contributed by atoms with Crippen LogP contribution in [-0.4, -0.2) is 48.0 Å². The zero-order valence-electron chi connectivity index (χ0n) is 13.7. The number of halogens is 1. The number of pyridine rings is 1. The molecule has 0 atom stereocenters. The molecule has 7 nitrogen and oxygen atoms in total. The summed E-state index contributed by atoms with van der Waals surface area (Å²) < 4.78 is 13.2. The largest absolute Gasteiger partial charge is 0.361 e. The van der Waals surface area contributed by atoms with Gasteiger partial charge in [0.05, 0.1) is 18.0 Å². The minimum atomic E-state index is -0.559. The highest BCUT2D eigenvalue weighted by molar-refractivity contribution is 6.05. The normalized spacial score (nSPS) is 13.9. The summed E-state index contributed by atoms with van der Waals surface area (Å²) in [6.07, 6.45) is 6.21. The second-order valence-electron chi connectivity index (χ2n) is 5.84. The van der Waals surface area contributed by atoms with Crippen LogP contribution in [0.4, 0.5) is 21.8 Å². The Balaban J connectivity index is 1.85. The van der Waals surface area contributed by atoms with Gasteiger partial charge in [0, 0.05) is 33.4 Å². The molecule has 1 fully saturated rings. The Labute approximate surface area is 139 Å². The first kappa shape index (κ1) is 16.1. The standard InChI is InChI=1S/C16H19FN6O/c1-22(2)14-13(10-19-16(21-14)23-5-3-4-6-23)20-15(24)11-7-12(17)9-18-8-11/h7-10H,3-6H2,1-2H3,(H,20,24). The summed E-state index contributed by atoms with van der Waals surface area (Å²) in [6, 6.07) is 1.14. The Kier molecular flexibility index (Phi) is 4.54. The Morgan fingerprint density at radius 1 is 1.25 bits per heavy atom. The number of carbonyl (C=O) groups excluding carboxylic acids is 1. The highest BCUT2D eigenvalue weighted by atomic mass is 19.1.